The number of aliphatic hydroxyl groups is 1. The smallest absolute Gasteiger partial charge is 0.132 e. The molecule has 0 aliphatic rings. The summed E-state index contributed by atoms with van der Waals surface area (Å²) in [5, 5.41) is 9.32. The number of halogens is 1. The lowest BCUT2D eigenvalue weighted by Gasteiger charge is -2.10. The van der Waals surface area contributed by atoms with Crippen LogP contribution < -0.4 is 4.74 Å². The number of benzene rings is 1. The number of aryl methyl sites for hydroxylation is 1. The fourth-order valence-electron chi connectivity index (χ4n) is 1.62. The van der Waals surface area contributed by atoms with E-state index in [9.17, 15) is 9.50 Å². The van der Waals surface area contributed by atoms with Gasteiger partial charge in [0.15, 0.2) is 0 Å². The van der Waals surface area contributed by atoms with Crippen molar-refractivity contribution in [2.45, 2.75) is 19.6 Å². The van der Waals surface area contributed by atoms with Crippen molar-refractivity contribution in [3.63, 3.8) is 0 Å². The Morgan fingerprint density at radius 3 is 2.83 bits per heavy atom. The number of rotatable bonds is 4. The molecule has 1 heterocycles. The minimum absolute atomic E-state index is 0.267. The monoisotopic (exact) mass is 250 g/mol. The first kappa shape index (κ1) is 12.6. The summed E-state index contributed by atoms with van der Waals surface area (Å²) in [6.45, 7) is 1.85. The maximum Gasteiger partial charge on any atom is 0.132 e. The summed E-state index contributed by atoms with van der Waals surface area (Å²) in [4.78, 5) is 3.96. The summed E-state index contributed by atoms with van der Waals surface area (Å²) in [7, 11) is 1.86. The van der Waals surface area contributed by atoms with Crippen LogP contribution in [0.25, 0.3) is 0 Å². The molecule has 0 aliphatic heterocycles. The van der Waals surface area contributed by atoms with Crippen LogP contribution in [-0.2, 0) is 13.7 Å². The highest BCUT2D eigenvalue weighted by Crippen LogP contribution is 2.22. The third-order valence-electron chi connectivity index (χ3n) is 2.73. The van der Waals surface area contributed by atoms with Gasteiger partial charge in [-0.3, -0.25) is 0 Å². The molecule has 1 aromatic heterocycles. The minimum Gasteiger partial charge on any atom is -0.487 e. The lowest BCUT2D eigenvalue weighted by molar-refractivity contribution is 0.193. The number of imidazole rings is 1. The molecule has 5 heteroatoms. The van der Waals surface area contributed by atoms with Crippen LogP contribution in [0.3, 0.4) is 0 Å². The van der Waals surface area contributed by atoms with Crippen LogP contribution in [0.1, 0.15) is 24.3 Å². The summed E-state index contributed by atoms with van der Waals surface area (Å²) in [6, 6.07) is 4.44. The quantitative estimate of drug-likeness (QED) is 0.904. The summed E-state index contributed by atoms with van der Waals surface area (Å²) in [5.74, 6) is -0.0365. The number of hydrogen-bond acceptors (Lipinski definition) is 3. The summed E-state index contributed by atoms with van der Waals surface area (Å²) < 4.78 is 20.9. The van der Waals surface area contributed by atoms with Gasteiger partial charge in [0.25, 0.3) is 0 Å². The molecule has 0 saturated carbocycles. The van der Waals surface area contributed by atoms with Crippen molar-refractivity contribution in [3.05, 3.63) is 47.8 Å². The Morgan fingerprint density at radius 1 is 1.50 bits per heavy atom. The fraction of sp³-hybridized carbons (Fsp3) is 0.308. The first-order valence-corrected chi connectivity index (χ1v) is 5.63. The average Bonchev–Trinajstić information content (AvgIpc) is 2.72. The SMILES string of the molecule is CC(O)c1ccc(OCc2cncn2C)cc1F. The molecule has 1 unspecified atom stereocenters. The summed E-state index contributed by atoms with van der Waals surface area (Å²) >= 11 is 0. The highest BCUT2D eigenvalue weighted by atomic mass is 19.1. The molecular weight excluding hydrogens is 235 g/mol. The molecule has 96 valence electrons. The van der Waals surface area contributed by atoms with E-state index < -0.39 is 11.9 Å². The molecule has 2 rings (SSSR count). The number of nitrogens with zero attached hydrogens (tertiary/aromatic N) is 2. The van der Waals surface area contributed by atoms with Gasteiger partial charge in [-0.2, -0.15) is 0 Å². The third kappa shape index (κ3) is 2.68. The Morgan fingerprint density at radius 2 is 2.28 bits per heavy atom. The lowest BCUT2D eigenvalue weighted by Crippen LogP contribution is -2.02. The summed E-state index contributed by atoms with van der Waals surface area (Å²) in [6.07, 6.45) is 2.55. The van der Waals surface area contributed by atoms with Gasteiger partial charge in [-0.05, 0) is 19.1 Å². The van der Waals surface area contributed by atoms with Crippen LogP contribution >= 0.6 is 0 Å². The van der Waals surface area contributed by atoms with E-state index in [4.69, 9.17) is 4.74 Å². The molecule has 0 spiro atoms. The van der Waals surface area contributed by atoms with Crippen molar-refractivity contribution >= 4 is 0 Å². The molecule has 18 heavy (non-hydrogen) atoms. The maximum atomic E-state index is 13.6. The van der Waals surface area contributed by atoms with Crippen LogP contribution in [-0.4, -0.2) is 14.7 Å². The Balaban J connectivity index is 2.07. The first-order chi connectivity index (χ1) is 8.58. The average molecular weight is 250 g/mol. The second-order valence-corrected chi connectivity index (χ2v) is 4.14. The number of hydrogen-bond donors (Lipinski definition) is 1. The number of aliphatic hydroxyl groups excluding tert-OH is 1. The Hall–Kier alpha value is -1.88. The van der Waals surface area contributed by atoms with Gasteiger partial charge >= 0.3 is 0 Å². The van der Waals surface area contributed by atoms with Crippen molar-refractivity contribution in [3.8, 4) is 5.75 Å². The molecule has 0 radical (unpaired) electrons. The van der Waals surface area contributed by atoms with E-state index in [1.165, 1.54) is 19.1 Å². The van der Waals surface area contributed by atoms with Gasteiger partial charge < -0.3 is 14.4 Å². The maximum absolute atomic E-state index is 13.6. The first-order valence-electron chi connectivity index (χ1n) is 5.63. The van der Waals surface area contributed by atoms with Crippen LogP contribution in [0, 0.1) is 5.82 Å². The standard InChI is InChI=1S/C13H15FN2O2/c1-9(17)12-4-3-11(5-13(12)14)18-7-10-6-15-8-16(10)2/h3-6,8-9,17H,7H2,1-2H3. The zero-order valence-corrected chi connectivity index (χ0v) is 10.3. The molecule has 0 saturated heterocycles. The van der Waals surface area contributed by atoms with Gasteiger partial charge in [-0.25, -0.2) is 9.37 Å². The van der Waals surface area contributed by atoms with Crippen LogP contribution in [0.5, 0.6) is 5.75 Å². The van der Waals surface area contributed by atoms with Gasteiger partial charge in [0.05, 0.1) is 24.3 Å². The molecule has 1 N–H and O–H groups in total. The van der Waals surface area contributed by atoms with Gasteiger partial charge in [-0.15, -0.1) is 0 Å². The van der Waals surface area contributed by atoms with E-state index in [0.717, 1.165) is 5.69 Å². The second-order valence-electron chi connectivity index (χ2n) is 4.14. The van der Waals surface area contributed by atoms with E-state index in [1.54, 1.807) is 18.6 Å². The number of ether oxygens (including phenoxy) is 1. The van der Waals surface area contributed by atoms with E-state index in [-0.39, 0.29) is 5.56 Å². The molecule has 0 amide bonds. The van der Waals surface area contributed by atoms with E-state index >= 15 is 0 Å². The second kappa shape index (κ2) is 5.18. The molecule has 0 aliphatic carbocycles. The van der Waals surface area contributed by atoms with Gasteiger partial charge in [0, 0.05) is 18.7 Å². The lowest BCUT2D eigenvalue weighted by atomic mass is 10.1. The van der Waals surface area contributed by atoms with Gasteiger partial charge in [0.2, 0.25) is 0 Å². The molecular formula is C13H15FN2O2. The summed E-state index contributed by atoms with van der Waals surface area (Å²) in [5.41, 5.74) is 1.16. The fourth-order valence-corrected chi connectivity index (χ4v) is 1.62. The normalized spacial score (nSPS) is 12.4. The predicted molar refractivity (Wildman–Crippen MR) is 64.6 cm³/mol. The zero-order valence-electron chi connectivity index (χ0n) is 10.3. The topological polar surface area (TPSA) is 47.3 Å². The van der Waals surface area contributed by atoms with Gasteiger partial charge in [-0.1, -0.05) is 0 Å². The Kier molecular flexibility index (Phi) is 3.62. The van der Waals surface area contributed by atoms with Crippen molar-refractivity contribution in [1.29, 1.82) is 0 Å². The largest absolute Gasteiger partial charge is 0.487 e. The van der Waals surface area contributed by atoms with Crippen molar-refractivity contribution in [2.24, 2.45) is 7.05 Å². The molecule has 1 atom stereocenters. The van der Waals surface area contributed by atoms with Crippen molar-refractivity contribution in [1.82, 2.24) is 9.55 Å². The molecule has 1 aromatic carbocycles. The van der Waals surface area contributed by atoms with E-state index in [2.05, 4.69) is 4.98 Å². The third-order valence-corrected chi connectivity index (χ3v) is 2.73. The molecule has 4 nitrogen and oxygen atoms in total. The minimum atomic E-state index is -0.823. The van der Waals surface area contributed by atoms with E-state index in [0.29, 0.717) is 12.4 Å². The van der Waals surface area contributed by atoms with Crippen molar-refractivity contribution in [2.75, 3.05) is 0 Å². The molecule has 0 bridgehead atoms. The van der Waals surface area contributed by atoms with Crippen LogP contribution in [0.2, 0.25) is 0 Å². The Bertz CT molecular complexity index is 538. The number of aromatic nitrogens is 2. The molecule has 2 aromatic rings. The van der Waals surface area contributed by atoms with Crippen molar-refractivity contribution < 1.29 is 14.2 Å². The van der Waals surface area contributed by atoms with Crippen LogP contribution in [0.4, 0.5) is 4.39 Å². The highest BCUT2D eigenvalue weighted by molar-refractivity contribution is 5.30. The van der Waals surface area contributed by atoms with E-state index in [1.807, 2.05) is 11.6 Å². The zero-order chi connectivity index (χ0) is 13.1. The molecule has 0 fully saturated rings. The highest BCUT2D eigenvalue weighted by Gasteiger charge is 2.09. The predicted octanol–water partition coefficient (Wildman–Crippen LogP) is 2.19. The van der Waals surface area contributed by atoms with Gasteiger partial charge in [0.1, 0.15) is 18.2 Å². The Labute approximate surface area is 105 Å². The van der Waals surface area contributed by atoms with Crippen LogP contribution in [0.15, 0.2) is 30.7 Å².